The molecule has 0 spiro atoms. The summed E-state index contributed by atoms with van der Waals surface area (Å²) in [6.07, 6.45) is 4.10. The van der Waals surface area contributed by atoms with E-state index in [2.05, 4.69) is 5.32 Å². The zero-order valence-electron chi connectivity index (χ0n) is 23.7. The average Bonchev–Trinajstić information content (AvgIpc) is 3.08. The maximum atomic E-state index is 12.0. The fourth-order valence-electron chi connectivity index (χ4n) is 2.69. The predicted octanol–water partition coefficient (Wildman–Crippen LogP) is 6.94. The summed E-state index contributed by atoms with van der Waals surface area (Å²) >= 11 is 0. The molecule has 1 aromatic carbocycles. The molecule has 2 N–H and O–H groups in total. The van der Waals surface area contributed by atoms with Gasteiger partial charge in [-0.1, -0.05) is 44.2 Å². The number of amides is 1. The lowest BCUT2D eigenvalue weighted by Crippen LogP contribution is -2.32. The number of nitrogens with zero attached hydrogens (tertiary/aromatic N) is 1. The molecule has 2 rings (SSSR count). The molecule has 1 amide bonds. The summed E-state index contributed by atoms with van der Waals surface area (Å²) < 4.78 is 12.0. The first-order valence-electron chi connectivity index (χ1n) is 12.1. The van der Waals surface area contributed by atoms with Gasteiger partial charge in [0.2, 0.25) is 0 Å². The number of carboxylic acids is 1. The Labute approximate surface area is 215 Å². The fourth-order valence-corrected chi connectivity index (χ4v) is 2.69. The van der Waals surface area contributed by atoms with E-state index in [-0.39, 0.29) is 12.6 Å². The van der Waals surface area contributed by atoms with Gasteiger partial charge < -0.3 is 19.9 Å². The van der Waals surface area contributed by atoms with Crippen LogP contribution in [-0.2, 0) is 14.3 Å². The quantitative estimate of drug-likeness (QED) is 0.437. The molecule has 1 aromatic heterocycles. The Kier molecular flexibility index (Phi) is 12.5. The van der Waals surface area contributed by atoms with Gasteiger partial charge in [-0.25, -0.2) is 9.59 Å². The lowest BCUT2D eigenvalue weighted by molar-refractivity contribution is -0.144. The summed E-state index contributed by atoms with van der Waals surface area (Å²) in [5, 5.41) is 12.4. The van der Waals surface area contributed by atoms with E-state index in [9.17, 15) is 14.4 Å². The van der Waals surface area contributed by atoms with Crippen molar-refractivity contribution in [2.75, 3.05) is 6.54 Å². The molecule has 0 saturated heterocycles. The van der Waals surface area contributed by atoms with Gasteiger partial charge in [0.1, 0.15) is 11.2 Å². The average molecular weight is 505 g/mol. The molecule has 0 bridgehead atoms. The van der Waals surface area contributed by atoms with Crippen molar-refractivity contribution in [3.05, 3.63) is 48.2 Å². The highest BCUT2D eigenvalue weighted by Gasteiger charge is 2.23. The van der Waals surface area contributed by atoms with Crippen LogP contribution in [0.2, 0.25) is 0 Å². The molecule has 0 aliphatic heterocycles. The normalized spacial score (nSPS) is 11.6. The van der Waals surface area contributed by atoms with Crippen LogP contribution in [0.3, 0.4) is 0 Å². The summed E-state index contributed by atoms with van der Waals surface area (Å²) in [4.78, 5) is 34.0. The van der Waals surface area contributed by atoms with Crippen molar-refractivity contribution in [2.24, 2.45) is 5.41 Å². The molecule has 8 heteroatoms. The summed E-state index contributed by atoms with van der Waals surface area (Å²) in [6, 6.07) is 7.81. The van der Waals surface area contributed by atoms with Crippen LogP contribution >= 0.6 is 0 Å². The number of benzene rings is 1. The van der Waals surface area contributed by atoms with Gasteiger partial charge in [-0.05, 0) is 73.9 Å². The molecular formula is C28H44N2O6. The van der Waals surface area contributed by atoms with E-state index in [4.69, 9.17) is 14.6 Å². The van der Waals surface area contributed by atoms with E-state index in [1.54, 1.807) is 45.3 Å². The van der Waals surface area contributed by atoms with Gasteiger partial charge in [-0.3, -0.25) is 9.36 Å². The first kappa shape index (κ1) is 32.7. The number of aromatic nitrogens is 1. The molecule has 0 saturated carbocycles. The van der Waals surface area contributed by atoms with Gasteiger partial charge in [-0.2, -0.15) is 0 Å². The van der Waals surface area contributed by atoms with Gasteiger partial charge in [-0.15, -0.1) is 0 Å². The second-order valence-electron chi connectivity index (χ2n) is 10.5. The van der Waals surface area contributed by atoms with Crippen molar-refractivity contribution in [1.82, 2.24) is 9.88 Å². The van der Waals surface area contributed by atoms with Crippen molar-refractivity contribution in [3.8, 4) is 0 Å². The van der Waals surface area contributed by atoms with E-state index in [1.165, 1.54) is 6.08 Å². The maximum Gasteiger partial charge on any atom is 0.418 e. The number of alkyl carbamates (subject to hydrolysis) is 1. The van der Waals surface area contributed by atoms with Gasteiger partial charge in [0, 0.05) is 18.1 Å². The number of carbonyl (C=O) groups is 3. The molecule has 0 radical (unpaired) electrons. The number of rotatable bonds is 4. The third-order valence-corrected chi connectivity index (χ3v) is 4.35. The number of hydrogen-bond donors (Lipinski definition) is 2. The number of para-hydroxylation sites is 1. The second-order valence-corrected chi connectivity index (χ2v) is 10.5. The fraction of sp³-hybridized carbons (Fsp3) is 0.536. The highest BCUT2D eigenvalue weighted by Crippen LogP contribution is 2.21. The summed E-state index contributed by atoms with van der Waals surface area (Å²) in [6.45, 7) is 20.3. The first-order valence-corrected chi connectivity index (χ1v) is 12.1. The molecule has 0 atom stereocenters. The molecule has 0 unspecified atom stereocenters. The highest BCUT2D eigenvalue weighted by atomic mass is 16.6. The van der Waals surface area contributed by atoms with Crippen LogP contribution in [0, 0.1) is 12.3 Å². The molecule has 36 heavy (non-hydrogen) atoms. The Morgan fingerprint density at radius 1 is 0.944 bits per heavy atom. The lowest BCUT2D eigenvalue weighted by Gasteiger charge is -2.19. The number of carboxylic acid groups (broad SMARTS) is 1. The number of hydrogen-bond acceptors (Lipinski definition) is 5. The minimum absolute atomic E-state index is 0.242. The van der Waals surface area contributed by atoms with Crippen LogP contribution in [0.5, 0.6) is 0 Å². The van der Waals surface area contributed by atoms with E-state index < -0.39 is 28.7 Å². The second kappa shape index (κ2) is 13.7. The SMILES string of the molecule is CC.CC(C)(C)OC(=O)NC/C=C/C(C)(C)C(=O)O.Cc1cn(C(=O)OC(C)(C)C)c2ccccc12. The molecule has 0 fully saturated rings. The van der Waals surface area contributed by atoms with Crippen molar-refractivity contribution in [1.29, 1.82) is 0 Å². The van der Waals surface area contributed by atoms with Crippen molar-refractivity contribution < 1.29 is 29.0 Å². The molecule has 0 aliphatic carbocycles. The van der Waals surface area contributed by atoms with Crippen LogP contribution in [0.25, 0.3) is 10.9 Å². The Morgan fingerprint density at radius 2 is 1.47 bits per heavy atom. The third kappa shape index (κ3) is 11.9. The van der Waals surface area contributed by atoms with E-state index in [0.29, 0.717) is 0 Å². The van der Waals surface area contributed by atoms with E-state index in [1.807, 2.05) is 72.0 Å². The number of ether oxygens (including phenoxy) is 2. The van der Waals surface area contributed by atoms with Crippen LogP contribution in [0.4, 0.5) is 9.59 Å². The molecule has 8 nitrogen and oxygen atoms in total. The Balaban J connectivity index is 0.000000637. The zero-order chi connectivity index (χ0) is 28.3. The number of nitrogens with one attached hydrogen (secondary N) is 1. The molecule has 0 aliphatic rings. The van der Waals surface area contributed by atoms with Crippen molar-refractivity contribution >= 4 is 29.1 Å². The minimum Gasteiger partial charge on any atom is -0.481 e. The molecular weight excluding hydrogens is 460 g/mol. The number of aliphatic carboxylic acids is 1. The first-order chi connectivity index (χ1) is 16.4. The third-order valence-electron chi connectivity index (χ3n) is 4.35. The monoisotopic (exact) mass is 504 g/mol. The van der Waals surface area contributed by atoms with Crippen LogP contribution in [0.15, 0.2) is 42.6 Å². The largest absolute Gasteiger partial charge is 0.481 e. The van der Waals surface area contributed by atoms with Gasteiger partial charge in [0.25, 0.3) is 0 Å². The summed E-state index contributed by atoms with van der Waals surface area (Å²) in [5.74, 6) is -0.911. The molecule has 202 valence electrons. The van der Waals surface area contributed by atoms with E-state index >= 15 is 0 Å². The van der Waals surface area contributed by atoms with Crippen LogP contribution in [0.1, 0.15) is 74.8 Å². The number of aryl methyl sites for hydroxylation is 1. The Bertz CT molecular complexity index is 1040. The van der Waals surface area contributed by atoms with Crippen molar-refractivity contribution in [2.45, 2.75) is 87.4 Å². The number of fused-ring (bicyclic) bond motifs is 1. The van der Waals surface area contributed by atoms with E-state index in [0.717, 1.165) is 16.5 Å². The summed E-state index contributed by atoms with van der Waals surface area (Å²) in [7, 11) is 0. The smallest absolute Gasteiger partial charge is 0.418 e. The predicted molar refractivity (Wildman–Crippen MR) is 144 cm³/mol. The van der Waals surface area contributed by atoms with Gasteiger partial charge in [0.15, 0.2) is 0 Å². The molecule has 2 aromatic rings. The van der Waals surface area contributed by atoms with Gasteiger partial charge in [0.05, 0.1) is 10.9 Å². The highest BCUT2D eigenvalue weighted by molar-refractivity contribution is 5.91. The molecule has 1 heterocycles. The Hall–Kier alpha value is -3.29. The topological polar surface area (TPSA) is 107 Å². The van der Waals surface area contributed by atoms with Crippen LogP contribution < -0.4 is 5.32 Å². The zero-order valence-corrected chi connectivity index (χ0v) is 23.7. The number of carbonyl (C=O) groups excluding carboxylic acids is 2. The lowest BCUT2D eigenvalue weighted by atomic mass is 9.93. The Morgan fingerprint density at radius 3 is 1.97 bits per heavy atom. The maximum absolute atomic E-state index is 12.0. The summed E-state index contributed by atoms with van der Waals surface area (Å²) in [5.41, 5.74) is 0.0193. The van der Waals surface area contributed by atoms with Crippen molar-refractivity contribution in [3.63, 3.8) is 0 Å². The van der Waals surface area contributed by atoms with Gasteiger partial charge >= 0.3 is 18.2 Å². The van der Waals surface area contributed by atoms with Crippen LogP contribution in [-0.4, -0.2) is 45.6 Å². The minimum atomic E-state index is -0.935. The standard InChI is InChI=1S/C14H17NO2.C12H21NO4.C2H6/c1-10-9-15(13(16)17-14(2,3)4)12-8-6-5-7-11(10)12;1-11(2,3)17-10(16)13-8-6-7-12(4,5)9(14)15;1-2/h5-9H,1-4H3;6-7H,8H2,1-5H3,(H,13,16)(H,14,15);1-2H3/b;7-6+;.